The van der Waals surface area contributed by atoms with Gasteiger partial charge < -0.3 is 9.15 Å². The Hall–Kier alpha value is -3.76. The van der Waals surface area contributed by atoms with Gasteiger partial charge >= 0.3 is 5.97 Å². The molecule has 2 aromatic carbocycles. The standard InChI is InChI=1S/C21H16N2O7S/c24-19-17-5-1-2-6-18(17)20(25)23(19)13-30-21(26)14-7-9-16(10-8-14)31(27,28)22-12-15-4-3-11-29-15/h1-11,22H,12-13H2. The number of amides is 2. The van der Waals surface area contributed by atoms with E-state index in [4.69, 9.17) is 9.15 Å². The van der Waals surface area contributed by atoms with Gasteiger partial charge in [-0.1, -0.05) is 12.1 Å². The van der Waals surface area contributed by atoms with Crippen molar-refractivity contribution in [3.63, 3.8) is 0 Å². The lowest BCUT2D eigenvalue weighted by molar-refractivity contribution is 0.0228. The molecule has 0 saturated carbocycles. The first-order chi connectivity index (χ1) is 14.9. The number of sulfonamides is 1. The van der Waals surface area contributed by atoms with Crippen molar-refractivity contribution >= 4 is 27.8 Å². The molecule has 158 valence electrons. The fraction of sp³-hybridized carbons (Fsp3) is 0.0952. The van der Waals surface area contributed by atoms with Crippen LogP contribution in [-0.2, 0) is 21.3 Å². The highest BCUT2D eigenvalue weighted by atomic mass is 32.2. The maximum absolute atomic E-state index is 12.3. The van der Waals surface area contributed by atoms with Gasteiger partial charge in [-0.2, -0.15) is 0 Å². The summed E-state index contributed by atoms with van der Waals surface area (Å²) in [6, 6.07) is 14.7. The Labute approximate surface area is 177 Å². The lowest BCUT2D eigenvalue weighted by Crippen LogP contribution is -2.33. The van der Waals surface area contributed by atoms with Crippen molar-refractivity contribution in [1.82, 2.24) is 9.62 Å². The molecular formula is C21H16N2O7S. The molecule has 0 radical (unpaired) electrons. The topological polar surface area (TPSA) is 123 Å². The van der Waals surface area contributed by atoms with Crippen LogP contribution in [-0.4, -0.2) is 37.8 Å². The van der Waals surface area contributed by atoms with Gasteiger partial charge in [-0.15, -0.1) is 0 Å². The molecule has 10 heteroatoms. The summed E-state index contributed by atoms with van der Waals surface area (Å²) in [5.41, 5.74) is 0.571. The summed E-state index contributed by atoms with van der Waals surface area (Å²) in [6.07, 6.45) is 1.44. The molecule has 1 aliphatic heterocycles. The zero-order valence-corrected chi connectivity index (χ0v) is 16.8. The van der Waals surface area contributed by atoms with E-state index in [9.17, 15) is 22.8 Å². The molecule has 0 bridgehead atoms. The second-order valence-electron chi connectivity index (χ2n) is 6.57. The van der Waals surface area contributed by atoms with Crippen LogP contribution < -0.4 is 4.72 Å². The molecule has 3 aromatic rings. The quantitative estimate of drug-likeness (QED) is 0.441. The highest BCUT2D eigenvalue weighted by Gasteiger charge is 2.35. The number of hydrogen-bond acceptors (Lipinski definition) is 7. The third-order valence-corrected chi connectivity index (χ3v) is 6.04. The molecule has 0 spiro atoms. The van der Waals surface area contributed by atoms with Crippen molar-refractivity contribution in [3.8, 4) is 0 Å². The highest BCUT2D eigenvalue weighted by molar-refractivity contribution is 7.89. The normalized spacial score (nSPS) is 13.4. The summed E-state index contributed by atoms with van der Waals surface area (Å²) in [5, 5.41) is 0. The van der Waals surface area contributed by atoms with Crippen LogP contribution in [0.3, 0.4) is 0 Å². The molecule has 1 N–H and O–H groups in total. The summed E-state index contributed by atoms with van der Waals surface area (Å²) < 4.78 is 37.2. The molecule has 1 aliphatic rings. The maximum atomic E-state index is 12.3. The number of nitrogens with zero attached hydrogens (tertiary/aromatic N) is 1. The number of rotatable bonds is 7. The smallest absolute Gasteiger partial charge is 0.339 e. The minimum Gasteiger partial charge on any atom is -0.468 e. The average Bonchev–Trinajstić information content (AvgIpc) is 3.39. The Bertz CT molecular complexity index is 1210. The zero-order valence-electron chi connectivity index (χ0n) is 16.0. The lowest BCUT2D eigenvalue weighted by atomic mass is 10.1. The molecule has 31 heavy (non-hydrogen) atoms. The summed E-state index contributed by atoms with van der Waals surface area (Å²) >= 11 is 0. The number of benzene rings is 2. The number of nitrogens with one attached hydrogen (secondary N) is 1. The van der Waals surface area contributed by atoms with Crippen molar-refractivity contribution < 1.29 is 32.0 Å². The summed E-state index contributed by atoms with van der Waals surface area (Å²) in [7, 11) is -3.81. The van der Waals surface area contributed by atoms with Gasteiger partial charge in [-0.3, -0.25) is 9.59 Å². The first-order valence-electron chi connectivity index (χ1n) is 9.11. The molecule has 0 unspecified atom stereocenters. The summed E-state index contributed by atoms with van der Waals surface area (Å²) in [6.45, 7) is -0.560. The van der Waals surface area contributed by atoms with E-state index in [0.29, 0.717) is 5.76 Å². The van der Waals surface area contributed by atoms with E-state index < -0.39 is 34.5 Å². The van der Waals surface area contributed by atoms with Crippen LogP contribution >= 0.6 is 0 Å². The van der Waals surface area contributed by atoms with Gasteiger partial charge in [0.2, 0.25) is 10.0 Å². The molecule has 9 nitrogen and oxygen atoms in total. The Kier molecular flexibility index (Phi) is 5.40. The first kappa shape index (κ1) is 20.5. The van der Waals surface area contributed by atoms with Crippen LogP contribution in [0, 0.1) is 0 Å². The highest BCUT2D eigenvalue weighted by Crippen LogP contribution is 2.22. The van der Waals surface area contributed by atoms with E-state index in [1.165, 1.54) is 42.7 Å². The van der Waals surface area contributed by atoms with Gasteiger partial charge in [-0.25, -0.2) is 22.8 Å². The molecule has 4 rings (SSSR count). The number of carbonyl (C=O) groups is 3. The van der Waals surface area contributed by atoms with Gasteiger partial charge in [0.05, 0.1) is 34.4 Å². The molecule has 0 atom stereocenters. The average molecular weight is 440 g/mol. The molecule has 0 aliphatic carbocycles. The van der Waals surface area contributed by atoms with Crippen molar-refractivity contribution in [2.75, 3.05) is 6.73 Å². The van der Waals surface area contributed by atoms with E-state index >= 15 is 0 Å². The number of carbonyl (C=O) groups excluding carboxylic acids is 3. The number of ether oxygens (including phenoxy) is 1. The van der Waals surface area contributed by atoms with Crippen LogP contribution in [0.25, 0.3) is 0 Å². The minimum atomic E-state index is -3.81. The lowest BCUT2D eigenvalue weighted by Gasteiger charge is -2.14. The molecule has 1 aromatic heterocycles. The number of hydrogen-bond donors (Lipinski definition) is 1. The number of imide groups is 1. The second kappa shape index (κ2) is 8.17. The molecule has 0 saturated heterocycles. The molecule has 0 fully saturated rings. The van der Waals surface area contributed by atoms with Crippen LogP contribution in [0.4, 0.5) is 0 Å². The number of esters is 1. The fourth-order valence-electron chi connectivity index (χ4n) is 3.00. The molecular weight excluding hydrogens is 424 g/mol. The Morgan fingerprint density at radius 3 is 2.16 bits per heavy atom. The Morgan fingerprint density at radius 2 is 1.58 bits per heavy atom. The van der Waals surface area contributed by atoms with Gasteiger partial charge in [0.15, 0.2) is 6.73 Å². The van der Waals surface area contributed by atoms with E-state index in [0.717, 1.165) is 4.90 Å². The van der Waals surface area contributed by atoms with Crippen molar-refractivity contribution in [3.05, 3.63) is 89.4 Å². The van der Waals surface area contributed by atoms with Crippen LogP contribution in [0.2, 0.25) is 0 Å². The van der Waals surface area contributed by atoms with Gasteiger partial charge in [0, 0.05) is 0 Å². The van der Waals surface area contributed by atoms with E-state index in [1.807, 2.05) is 0 Å². The fourth-order valence-corrected chi connectivity index (χ4v) is 3.99. The van der Waals surface area contributed by atoms with Crippen LogP contribution in [0.15, 0.2) is 76.2 Å². The first-order valence-corrected chi connectivity index (χ1v) is 10.6. The molecule has 2 heterocycles. The predicted octanol–water partition coefficient (Wildman–Crippen LogP) is 2.17. The minimum absolute atomic E-state index is 0.0145. The Morgan fingerprint density at radius 1 is 0.935 bits per heavy atom. The monoisotopic (exact) mass is 440 g/mol. The summed E-state index contributed by atoms with van der Waals surface area (Å²) in [5.74, 6) is -1.43. The maximum Gasteiger partial charge on any atom is 0.339 e. The third kappa shape index (κ3) is 4.11. The number of furan rings is 1. The van der Waals surface area contributed by atoms with E-state index in [2.05, 4.69) is 4.72 Å². The Balaban J connectivity index is 1.38. The molecule has 2 amide bonds. The van der Waals surface area contributed by atoms with Crippen LogP contribution in [0.1, 0.15) is 36.8 Å². The second-order valence-corrected chi connectivity index (χ2v) is 8.34. The van der Waals surface area contributed by atoms with E-state index in [1.54, 1.807) is 24.3 Å². The summed E-state index contributed by atoms with van der Waals surface area (Å²) in [4.78, 5) is 37.7. The van der Waals surface area contributed by atoms with E-state index in [-0.39, 0.29) is 28.1 Å². The zero-order chi connectivity index (χ0) is 22.0. The van der Waals surface area contributed by atoms with Crippen LogP contribution in [0.5, 0.6) is 0 Å². The largest absolute Gasteiger partial charge is 0.468 e. The van der Waals surface area contributed by atoms with Gasteiger partial charge in [0.1, 0.15) is 5.76 Å². The van der Waals surface area contributed by atoms with Crippen molar-refractivity contribution in [1.29, 1.82) is 0 Å². The predicted molar refractivity (Wildman–Crippen MR) is 106 cm³/mol. The van der Waals surface area contributed by atoms with Crippen molar-refractivity contribution in [2.45, 2.75) is 11.4 Å². The third-order valence-electron chi connectivity index (χ3n) is 4.62. The SMILES string of the molecule is O=C(OCN1C(=O)c2ccccc2C1=O)c1ccc(S(=O)(=O)NCc2ccco2)cc1. The van der Waals surface area contributed by atoms with Gasteiger partial charge in [0.25, 0.3) is 11.8 Å². The van der Waals surface area contributed by atoms with Crippen molar-refractivity contribution in [2.24, 2.45) is 0 Å². The number of fused-ring (bicyclic) bond motifs is 1. The van der Waals surface area contributed by atoms with Gasteiger partial charge in [-0.05, 0) is 48.5 Å².